The van der Waals surface area contributed by atoms with Crippen LogP contribution in [0.5, 0.6) is 5.75 Å². The molecule has 0 amide bonds. The lowest BCUT2D eigenvalue weighted by atomic mass is 9.97. The van der Waals surface area contributed by atoms with Crippen LogP contribution in [0.15, 0.2) is 24.3 Å². The standard InChI is InChI=1S/C13H15F3O3/c1-8(2)11(12(17)18)7-19-10-5-3-4-9(6-10)13(14,15)16/h3-6,8,11H,7H2,1-2H3,(H,17,18). The Morgan fingerprint density at radius 3 is 2.47 bits per heavy atom. The van der Waals surface area contributed by atoms with Crippen molar-refractivity contribution in [3.63, 3.8) is 0 Å². The molecule has 0 aliphatic heterocycles. The van der Waals surface area contributed by atoms with Crippen molar-refractivity contribution in [2.45, 2.75) is 20.0 Å². The Hall–Kier alpha value is -1.72. The summed E-state index contributed by atoms with van der Waals surface area (Å²) in [5, 5.41) is 8.95. The molecule has 0 fully saturated rings. The lowest BCUT2D eigenvalue weighted by molar-refractivity contribution is -0.144. The van der Waals surface area contributed by atoms with E-state index in [0.29, 0.717) is 0 Å². The van der Waals surface area contributed by atoms with E-state index in [2.05, 4.69) is 0 Å². The van der Waals surface area contributed by atoms with Crippen LogP contribution in [0.1, 0.15) is 19.4 Å². The normalized spacial score (nSPS) is 13.4. The van der Waals surface area contributed by atoms with Gasteiger partial charge >= 0.3 is 12.1 Å². The highest BCUT2D eigenvalue weighted by atomic mass is 19.4. The number of carbonyl (C=O) groups is 1. The van der Waals surface area contributed by atoms with Gasteiger partial charge in [0.05, 0.1) is 11.5 Å². The zero-order valence-electron chi connectivity index (χ0n) is 10.6. The predicted octanol–water partition coefficient (Wildman–Crippen LogP) is 3.44. The van der Waals surface area contributed by atoms with E-state index in [4.69, 9.17) is 9.84 Å². The zero-order chi connectivity index (χ0) is 14.6. The minimum atomic E-state index is -4.44. The number of carboxylic acids is 1. The molecule has 0 spiro atoms. The Morgan fingerprint density at radius 1 is 1.37 bits per heavy atom. The lowest BCUT2D eigenvalue weighted by Crippen LogP contribution is -2.26. The second-order valence-electron chi connectivity index (χ2n) is 4.53. The van der Waals surface area contributed by atoms with Crippen molar-refractivity contribution >= 4 is 5.97 Å². The van der Waals surface area contributed by atoms with Crippen LogP contribution in [-0.2, 0) is 11.0 Å². The molecule has 19 heavy (non-hydrogen) atoms. The fraction of sp³-hybridized carbons (Fsp3) is 0.462. The third-order valence-corrected chi connectivity index (χ3v) is 2.71. The van der Waals surface area contributed by atoms with Gasteiger partial charge in [0.15, 0.2) is 0 Å². The van der Waals surface area contributed by atoms with E-state index in [1.54, 1.807) is 13.8 Å². The van der Waals surface area contributed by atoms with Crippen LogP contribution in [-0.4, -0.2) is 17.7 Å². The van der Waals surface area contributed by atoms with Crippen LogP contribution in [0, 0.1) is 11.8 Å². The summed E-state index contributed by atoms with van der Waals surface area (Å²) in [5.74, 6) is -1.93. The Bertz CT molecular complexity index is 441. The van der Waals surface area contributed by atoms with E-state index in [-0.39, 0.29) is 18.3 Å². The number of rotatable bonds is 5. The second-order valence-corrected chi connectivity index (χ2v) is 4.53. The van der Waals surface area contributed by atoms with E-state index in [1.807, 2.05) is 0 Å². The molecular weight excluding hydrogens is 261 g/mol. The number of hydrogen-bond donors (Lipinski definition) is 1. The molecule has 0 saturated heterocycles. The van der Waals surface area contributed by atoms with Crippen molar-refractivity contribution < 1.29 is 27.8 Å². The number of ether oxygens (including phenoxy) is 1. The quantitative estimate of drug-likeness (QED) is 0.896. The molecule has 6 heteroatoms. The van der Waals surface area contributed by atoms with Crippen molar-refractivity contribution in [3.8, 4) is 5.75 Å². The van der Waals surface area contributed by atoms with Gasteiger partial charge in [-0.25, -0.2) is 0 Å². The van der Waals surface area contributed by atoms with Gasteiger partial charge in [-0.15, -0.1) is 0 Å². The molecular formula is C13H15F3O3. The Balaban J connectivity index is 2.75. The van der Waals surface area contributed by atoms with Crippen molar-refractivity contribution in [1.29, 1.82) is 0 Å². The van der Waals surface area contributed by atoms with Crippen LogP contribution in [0.2, 0.25) is 0 Å². The molecule has 0 bridgehead atoms. The number of halogens is 3. The molecule has 0 aromatic heterocycles. The van der Waals surface area contributed by atoms with Crippen LogP contribution in [0.25, 0.3) is 0 Å². The molecule has 106 valence electrons. The van der Waals surface area contributed by atoms with E-state index in [9.17, 15) is 18.0 Å². The average molecular weight is 276 g/mol. The summed E-state index contributed by atoms with van der Waals surface area (Å²) in [6.07, 6.45) is -4.44. The first kappa shape index (κ1) is 15.3. The first-order chi connectivity index (χ1) is 8.71. The van der Waals surface area contributed by atoms with Crippen LogP contribution >= 0.6 is 0 Å². The maximum absolute atomic E-state index is 12.5. The van der Waals surface area contributed by atoms with E-state index < -0.39 is 23.6 Å². The number of aliphatic carboxylic acids is 1. The van der Waals surface area contributed by atoms with Crippen LogP contribution in [0.3, 0.4) is 0 Å². The van der Waals surface area contributed by atoms with E-state index in [0.717, 1.165) is 12.1 Å². The van der Waals surface area contributed by atoms with Gasteiger partial charge in [-0.2, -0.15) is 13.2 Å². The number of alkyl halides is 3. The smallest absolute Gasteiger partial charge is 0.416 e. The number of hydrogen-bond acceptors (Lipinski definition) is 2. The minimum absolute atomic E-state index is 0.0155. The molecule has 1 atom stereocenters. The Morgan fingerprint density at radius 2 is 2.00 bits per heavy atom. The van der Waals surface area contributed by atoms with Gasteiger partial charge in [0, 0.05) is 0 Å². The van der Waals surface area contributed by atoms with Gasteiger partial charge in [-0.05, 0) is 24.1 Å². The number of benzene rings is 1. The molecule has 0 aliphatic carbocycles. The Kier molecular flexibility index (Phi) is 4.80. The summed E-state index contributed by atoms with van der Waals surface area (Å²) in [6.45, 7) is 3.27. The molecule has 1 rings (SSSR count). The first-order valence-corrected chi connectivity index (χ1v) is 5.74. The molecule has 1 aromatic carbocycles. The average Bonchev–Trinajstić information content (AvgIpc) is 2.27. The minimum Gasteiger partial charge on any atom is -0.493 e. The van der Waals surface area contributed by atoms with Gasteiger partial charge in [-0.3, -0.25) is 4.79 Å². The summed E-state index contributed by atoms with van der Waals surface area (Å²) in [5.41, 5.74) is -0.818. The molecule has 3 nitrogen and oxygen atoms in total. The zero-order valence-corrected chi connectivity index (χ0v) is 10.6. The fourth-order valence-electron chi connectivity index (χ4n) is 1.50. The highest BCUT2D eigenvalue weighted by molar-refractivity contribution is 5.70. The highest BCUT2D eigenvalue weighted by Crippen LogP contribution is 2.31. The lowest BCUT2D eigenvalue weighted by Gasteiger charge is -2.17. The monoisotopic (exact) mass is 276 g/mol. The van der Waals surface area contributed by atoms with E-state index >= 15 is 0 Å². The van der Waals surface area contributed by atoms with Gasteiger partial charge in [-0.1, -0.05) is 19.9 Å². The third kappa shape index (κ3) is 4.46. The summed E-state index contributed by atoms with van der Waals surface area (Å²) in [6, 6.07) is 4.39. The van der Waals surface area contributed by atoms with Gasteiger partial charge in [0.1, 0.15) is 12.4 Å². The fourth-order valence-corrected chi connectivity index (χ4v) is 1.50. The van der Waals surface area contributed by atoms with Crippen molar-refractivity contribution in [2.75, 3.05) is 6.61 Å². The summed E-state index contributed by atoms with van der Waals surface area (Å²) >= 11 is 0. The molecule has 1 unspecified atom stereocenters. The highest BCUT2D eigenvalue weighted by Gasteiger charge is 2.30. The van der Waals surface area contributed by atoms with E-state index in [1.165, 1.54) is 12.1 Å². The second kappa shape index (κ2) is 5.95. The summed E-state index contributed by atoms with van der Waals surface area (Å²) in [4.78, 5) is 10.9. The summed E-state index contributed by atoms with van der Waals surface area (Å²) < 4.78 is 42.6. The number of carboxylic acid groups (broad SMARTS) is 1. The Labute approximate surface area is 109 Å². The molecule has 0 saturated carbocycles. The third-order valence-electron chi connectivity index (χ3n) is 2.71. The maximum atomic E-state index is 12.5. The summed E-state index contributed by atoms with van der Waals surface area (Å²) in [7, 11) is 0. The van der Waals surface area contributed by atoms with Crippen LogP contribution in [0.4, 0.5) is 13.2 Å². The van der Waals surface area contributed by atoms with Gasteiger partial charge in [0.25, 0.3) is 0 Å². The largest absolute Gasteiger partial charge is 0.493 e. The van der Waals surface area contributed by atoms with Crippen molar-refractivity contribution in [2.24, 2.45) is 11.8 Å². The molecule has 1 aromatic rings. The SMILES string of the molecule is CC(C)C(COc1cccc(C(F)(F)F)c1)C(=O)O. The molecule has 0 heterocycles. The maximum Gasteiger partial charge on any atom is 0.416 e. The van der Waals surface area contributed by atoms with Gasteiger partial charge < -0.3 is 9.84 Å². The first-order valence-electron chi connectivity index (χ1n) is 5.74. The van der Waals surface area contributed by atoms with Crippen LogP contribution < -0.4 is 4.74 Å². The molecule has 0 aliphatic rings. The van der Waals surface area contributed by atoms with Crippen molar-refractivity contribution in [1.82, 2.24) is 0 Å². The topological polar surface area (TPSA) is 46.5 Å². The molecule has 1 N–H and O–H groups in total. The van der Waals surface area contributed by atoms with Gasteiger partial charge in [0.2, 0.25) is 0 Å². The predicted molar refractivity (Wildman–Crippen MR) is 62.9 cm³/mol. The molecule has 0 radical (unpaired) electrons. The van der Waals surface area contributed by atoms with Crippen molar-refractivity contribution in [3.05, 3.63) is 29.8 Å².